The number of hydrogen-bond acceptors (Lipinski definition) is 7. The molecular formula is C10H8ClN5O2S. The standard InChI is InChI=1S/C10H8ClN5O2S/c11-6-1-3-7(4-2-6)19-10-8(16(17)18)9(15-12)13-5-14-10/h1-5H,12H2,(H,13,14,15). The molecule has 1 aromatic heterocycles. The van der Waals surface area contributed by atoms with Crippen LogP contribution in [0.25, 0.3) is 0 Å². The lowest BCUT2D eigenvalue weighted by Gasteiger charge is -2.05. The Balaban J connectivity index is 2.39. The normalized spacial score (nSPS) is 10.2. The topological polar surface area (TPSA) is 107 Å². The minimum atomic E-state index is -0.576. The number of benzene rings is 1. The van der Waals surface area contributed by atoms with Gasteiger partial charge in [0.05, 0.1) is 4.92 Å². The van der Waals surface area contributed by atoms with Crippen molar-refractivity contribution in [1.29, 1.82) is 0 Å². The summed E-state index contributed by atoms with van der Waals surface area (Å²) in [5.74, 6) is 5.17. The molecule has 0 amide bonds. The smallest absolute Gasteiger partial charge is 0.303 e. The van der Waals surface area contributed by atoms with E-state index in [-0.39, 0.29) is 16.5 Å². The molecule has 0 aliphatic heterocycles. The second-order valence-corrected chi connectivity index (χ2v) is 4.83. The summed E-state index contributed by atoms with van der Waals surface area (Å²) in [5, 5.41) is 11.8. The Hall–Kier alpha value is -1.90. The molecule has 3 N–H and O–H groups in total. The monoisotopic (exact) mass is 297 g/mol. The van der Waals surface area contributed by atoms with Gasteiger partial charge in [-0.1, -0.05) is 23.4 Å². The van der Waals surface area contributed by atoms with Crippen LogP contribution in [-0.4, -0.2) is 14.9 Å². The number of nitrogens with one attached hydrogen (secondary N) is 1. The number of halogens is 1. The van der Waals surface area contributed by atoms with Crippen LogP contribution in [0.5, 0.6) is 0 Å². The van der Waals surface area contributed by atoms with E-state index in [9.17, 15) is 10.1 Å². The maximum atomic E-state index is 11.0. The maximum Gasteiger partial charge on any atom is 0.344 e. The number of hydrogen-bond donors (Lipinski definition) is 2. The summed E-state index contributed by atoms with van der Waals surface area (Å²) in [5.41, 5.74) is 1.93. The van der Waals surface area contributed by atoms with Crippen molar-refractivity contribution in [2.45, 2.75) is 9.92 Å². The van der Waals surface area contributed by atoms with E-state index in [0.717, 1.165) is 16.7 Å². The van der Waals surface area contributed by atoms with Crippen LogP contribution in [-0.2, 0) is 0 Å². The van der Waals surface area contributed by atoms with Crippen LogP contribution < -0.4 is 11.3 Å². The Morgan fingerprint density at radius 1 is 1.32 bits per heavy atom. The minimum Gasteiger partial charge on any atom is -0.303 e. The Kier molecular flexibility index (Phi) is 4.15. The van der Waals surface area contributed by atoms with Gasteiger partial charge in [-0.2, -0.15) is 0 Å². The SMILES string of the molecule is NNc1ncnc(Sc2ccc(Cl)cc2)c1[N+](=O)[O-]. The van der Waals surface area contributed by atoms with Gasteiger partial charge in [0.1, 0.15) is 6.33 Å². The van der Waals surface area contributed by atoms with Gasteiger partial charge in [-0.15, -0.1) is 0 Å². The third-order valence-corrected chi connectivity index (χ3v) is 3.39. The number of nitrogens with two attached hydrogens (primary N) is 1. The number of aromatic nitrogens is 2. The molecule has 2 rings (SSSR count). The number of rotatable bonds is 4. The highest BCUT2D eigenvalue weighted by Crippen LogP contribution is 2.36. The van der Waals surface area contributed by atoms with Crippen molar-refractivity contribution in [2.24, 2.45) is 5.84 Å². The molecule has 0 saturated heterocycles. The molecule has 0 aliphatic rings. The highest BCUT2D eigenvalue weighted by molar-refractivity contribution is 7.99. The number of anilines is 1. The van der Waals surface area contributed by atoms with Crippen LogP contribution in [0, 0.1) is 10.1 Å². The van der Waals surface area contributed by atoms with E-state index in [1.165, 1.54) is 6.33 Å². The van der Waals surface area contributed by atoms with Gasteiger partial charge >= 0.3 is 5.69 Å². The molecule has 0 aliphatic carbocycles. The van der Waals surface area contributed by atoms with E-state index < -0.39 is 4.92 Å². The first kappa shape index (κ1) is 13.5. The predicted molar refractivity (Wildman–Crippen MR) is 72.1 cm³/mol. The van der Waals surface area contributed by atoms with Crippen molar-refractivity contribution in [3.8, 4) is 0 Å². The maximum absolute atomic E-state index is 11.0. The Morgan fingerprint density at radius 2 is 2.00 bits per heavy atom. The summed E-state index contributed by atoms with van der Waals surface area (Å²) in [6.07, 6.45) is 1.21. The zero-order valence-corrected chi connectivity index (χ0v) is 11.0. The van der Waals surface area contributed by atoms with Crippen LogP contribution in [0.2, 0.25) is 5.02 Å². The van der Waals surface area contributed by atoms with Crippen molar-refractivity contribution < 1.29 is 4.92 Å². The van der Waals surface area contributed by atoms with E-state index in [1.54, 1.807) is 24.3 Å². The molecular weight excluding hydrogens is 290 g/mol. The summed E-state index contributed by atoms with van der Waals surface area (Å²) in [6, 6.07) is 6.88. The highest BCUT2D eigenvalue weighted by atomic mass is 35.5. The van der Waals surface area contributed by atoms with Crippen molar-refractivity contribution in [2.75, 3.05) is 5.43 Å². The van der Waals surface area contributed by atoms with Gasteiger partial charge in [0.25, 0.3) is 0 Å². The van der Waals surface area contributed by atoms with Gasteiger partial charge in [-0.3, -0.25) is 10.1 Å². The first-order valence-corrected chi connectivity index (χ1v) is 6.20. The summed E-state index contributed by atoms with van der Waals surface area (Å²) in [6.45, 7) is 0. The molecule has 0 radical (unpaired) electrons. The summed E-state index contributed by atoms with van der Waals surface area (Å²) < 4.78 is 0. The summed E-state index contributed by atoms with van der Waals surface area (Å²) in [7, 11) is 0. The van der Waals surface area contributed by atoms with E-state index in [4.69, 9.17) is 17.4 Å². The first-order valence-electron chi connectivity index (χ1n) is 5.01. The molecule has 1 heterocycles. The van der Waals surface area contributed by atoms with Crippen molar-refractivity contribution >= 4 is 34.9 Å². The number of hydrazine groups is 1. The Morgan fingerprint density at radius 3 is 2.58 bits per heavy atom. The molecule has 19 heavy (non-hydrogen) atoms. The fourth-order valence-electron chi connectivity index (χ4n) is 1.32. The van der Waals surface area contributed by atoms with E-state index in [2.05, 4.69) is 15.4 Å². The van der Waals surface area contributed by atoms with Crippen LogP contribution in [0.4, 0.5) is 11.5 Å². The number of nitro groups is 1. The molecule has 0 fully saturated rings. The molecule has 0 spiro atoms. The fourth-order valence-corrected chi connectivity index (χ4v) is 2.31. The van der Waals surface area contributed by atoms with E-state index in [1.807, 2.05) is 0 Å². The van der Waals surface area contributed by atoms with Crippen LogP contribution in [0.3, 0.4) is 0 Å². The molecule has 0 bridgehead atoms. The summed E-state index contributed by atoms with van der Waals surface area (Å²) in [4.78, 5) is 18.9. The fraction of sp³-hybridized carbons (Fsp3) is 0. The molecule has 0 saturated carbocycles. The zero-order chi connectivity index (χ0) is 13.8. The Labute approximate surface area is 117 Å². The van der Waals surface area contributed by atoms with Gasteiger partial charge in [0.2, 0.25) is 5.82 Å². The zero-order valence-electron chi connectivity index (χ0n) is 9.41. The molecule has 0 unspecified atom stereocenters. The van der Waals surface area contributed by atoms with Gasteiger partial charge in [0, 0.05) is 9.92 Å². The van der Waals surface area contributed by atoms with Crippen LogP contribution >= 0.6 is 23.4 Å². The van der Waals surface area contributed by atoms with Crippen molar-refractivity contribution in [1.82, 2.24) is 9.97 Å². The van der Waals surface area contributed by atoms with E-state index in [0.29, 0.717) is 5.02 Å². The molecule has 0 atom stereocenters. The lowest BCUT2D eigenvalue weighted by atomic mass is 10.4. The molecule has 9 heteroatoms. The lowest BCUT2D eigenvalue weighted by molar-refractivity contribution is -0.387. The Bertz CT molecular complexity index is 607. The quantitative estimate of drug-likeness (QED) is 0.386. The van der Waals surface area contributed by atoms with Gasteiger partial charge < -0.3 is 5.43 Å². The predicted octanol–water partition coefficient (Wildman–Crippen LogP) is 2.48. The van der Waals surface area contributed by atoms with Gasteiger partial charge in [-0.25, -0.2) is 15.8 Å². The first-order chi connectivity index (χ1) is 9.11. The third kappa shape index (κ3) is 3.11. The molecule has 1 aromatic carbocycles. The summed E-state index contributed by atoms with van der Waals surface area (Å²) >= 11 is 6.91. The second kappa shape index (κ2) is 5.83. The molecule has 98 valence electrons. The minimum absolute atomic E-state index is 0.0311. The number of nitrogens with zero attached hydrogens (tertiary/aromatic N) is 3. The lowest BCUT2D eigenvalue weighted by Crippen LogP contribution is -2.11. The second-order valence-electron chi connectivity index (χ2n) is 3.33. The van der Waals surface area contributed by atoms with E-state index >= 15 is 0 Å². The average Bonchev–Trinajstić information content (AvgIpc) is 2.40. The van der Waals surface area contributed by atoms with Crippen molar-refractivity contribution in [3.05, 3.63) is 45.7 Å². The van der Waals surface area contributed by atoms with Crippen LogP contribution in [0.15, 0.2) is 40.5 Å². The number of nitrogen functional groups attached to an aromatic ring is 1. The molecule has 7 nitrogen and oxygen atoms in total. The van der Waals surface area contributed by atoms with Crippen LogP contribution in [0.1, 0.15) is 0 Å². The highest BCUT2D eigenvalue weighted by Gasteiger charge is 2.23. The molecule has 2 aromatic rings. The van der Waals surface area contributed by atoms with Gasteiger partial charge in [0.15, 0.2) is 5.03 Å². The largest absolute Gasteiger partial charge is 0.344 e. The van der Waals surface area contributed by atoms with Gasteiger partial charge in [-0.05, 0) is 24.3 Å². The third-order valence-electron chi connectivity index (χ3n) is 2.14. The average molecular weight is 298 g/mol. The van der Waals surface area contributed by atoms with Crippen molar-refractivity contribution in [3.63, 3.8) is 0 Å².